The molecular formula is C10H21N3O3S2. The van der Waals surface area contributed by atoms with Gasteiger partial charge in [0, 0.05) is 13.1 Å². The molecule has 0 heterocycles. The number of amides is 1. The molecule has 0 aliphatic rings. The maximum Gasteiger partial charge on any atom is 0.233 e. The van der Waals surface area contributed by atoms with Crippen molar-refractivity contribution in [3.63, 3.8) is 0 Å². The zero-order valence-corrected chi connectivity index (χ0v) is 12.6. The zero-order valence-electron chi connectivity index (χ0n) is 10.9. The molecule has 0 saturated heterocycles. The molecule has 4 N–H and O–H groups in total. The van der Waals surface area contributed by atoms with Crippen LogP contribution in [0.5, 0.6) is 0 Å². The quantitative estimate of drug-likeness (QED) is 0.423. The minimum Gasteiger partial charge on any atom is -0.392 e. The largest absolute Gasteiger partial charge is 0.392 e. The molecule has 0 aromatic carbocycles. The fourth-order valence-electron chi connectivity index (χ4n) is 1.61. The van der Waals surface area contributed by atoms with Crippen LogP contribution in [0.4, 0.5) is 0 Å². The molecule has 6 nitrogen and oxygen atoms in total. The summed E-state index contributed by atoms with van der Waals surface area (Å²) in [5.74, 6) is -0.254. The van der Waals surface area contributed by atoms with Gasteiger partial charge in [-0.3, -0.25) is 4.79 Å². The molecule has 106 valence electrons. The van der Waals surface area contributed by atoms with Gasteiger partial charge in [-0.15, -0.1) is 0 Å². The lowest BCUT2D eigenvalue weighted by Gasteiger charge is -2.28. The highest BCUT2D eigenvalue weighted by atomic mass is 32.2. The minimum atomic E-state index is -3.24. The van der Waals surface area contributed by atoms with Crippen molar-refractivity contribution >= 4 is 33.1 Å². The third-order valence-electron chi connectivity index (χ3n) is 2.89. The van der Waals surface area contributed by atoms with E-state index < -0.39 is 15.4 Å². The van der Waals surface area contributed by atoms with E-state index in [4.69, 9.17) is 18.0 Å². The van der Waals surface area contributed by atoms with Gasteiger partial charge < -0.3 is 11.1 Å². The van der Waals surface area contributed by atoms with E-state index >= 15 is 0 Å². The van der Waals surface area contributed by atoms with Crippen LogP contribution in [0.1, 0.15) is 26.7 Å². The van der Waals surface area contributed by atoms with Crippen LogP contribution in [0.25, 0.3) is 0 Å². The monoisotopic (exact) mass is 295 g/mol. The average molecular weight is 295 g/mol. The highest BCUT2D eigenvalue weighted by molar-refractivity contribution is 7.88. The summed E-state index contributed by atoms with van der Waals surface area (Å²) in [5, 5.41) is 2.65. The Labute approximate surface area is 114 Å². The second-order valence-corrected chi connectivity index (χ2v) is 6.35. The number of hydrogen-bond donors (Lipinski definition) is 3. The molecule has 18 heavy (non-hydrogen) atoms. The van der Waals surface area contributed by atoms with Gasteiger partial charge in [0.05, 0.1) is 16.7 Å². The molecule has 0 atom stereocenters. The number of rotatable bonds is 8. The van der Waals surface area contributed by atoms with Gasteiger partial charge in [0.2, 0.25) is 15.9 Å². The summed E-state index contributed by atoms with van der Waals surface area (Å²) in [6.07, 6.45) is 2.10. The van der Waals surface area contributed by atoms with Gasteiger partial charge in [-0.1, -0.05) is 26.1 Å². The second-order valence-electron chi connectivity index (χ2n) is 4.08. The van der Waals surface area contributed by atoms with E-state index in [2.05, 4.69) is 10.0 Å². The Kier molecular flexibility index (Phi) is 6.72. The third-order valence-corrected chi connectivity index (χ3v) is 4.01. The van der Waals surface area contributed by atoms with Crippen molar-refractivity contribution in [2.24, 2.45) is 11.1 Å². The zero-order chi connectivity index (χ0) is 14.4. The average Bonchev–Trinajstić information content (AvgIpc) is 2.25. The van der Waals surface area contributed by atoms with Crippen molar-refractivity contribution in [1.82, 2.24) is 10.0 Å². The Morgan fingerprint density at radius 1 is 1.28 bits per heavy atom. The van der Waals surface area contributed by atoms with Crippen LogP contribution < -0.4 is 15.8 Å². The van der Waals surface area contributed by atoms with Crippen LogP contribution in [0.2, 0.25) is 0 Å². The van der Waals surface area contributed by atoms with E-state index in [-0.39, 0.29) is 24.0 Å². The smallest absolute Gasteiger partial charge is 0.233 e. The topological polar surface area (TPSA) is 101 Å². The lowest BCUT2D eigenvalue weighted by Crippen LogP contribution is -2.49. The van der Waals surface area contributed by atoms with Gasteiger partial charge in [-0.2, -0.15) is 0 Å². The predicted molar refractivity (Wildman–Crippen MR) is 75.7 cm³/mol. The predicted octanol–water partition coefficient (Wildman–Crippen LogP) is -0.256. The molecule has 0 aliphatic carbocycles. The molecule has 0 rings (SSSR count). The number of carbonyl (C=O) groups is 1. The number of sulfonamides is 1. The first-order valence-corrected chi connectivity index (χ1v) is 8.02. The SMILES string of the molecule is CCC(CC)(C(=O)NCCNS(C)(=O)=O)C(N)=S. The van der Waals surface area contributed by atoms with E-state index in [0.717, 1.165) is 6.26 Å². The standard InChI is InChI=1S/C10H21N3O3S2/c1-4-10(5-2,8(11)17)9(14)12-6-7-13-18(3,15)16/h13H,4-7H2,1-3H3,(H2,11,17)(H,12,14). The molecule has 0 aromatic rings. The van der Waals surface area contributed by atoms with Crippen LogP contribution in [0.15, 0.2) is 0 Å². The number of carbonyl (C=O) groups excluding carboxylic acids is 1. The molecule has 0 fully saturated rings. The highest BCUT2D eigenvalue weighted by Gasteiger charge is 2.37. The molecule has 0 radical (unpaired) electrons. The Hall–Kier alpha value is -0.730. The normalized spacial score (nSPS) is 12.2. The highest BCUT2D eigenvalue weighted by Crippen LogP contribution is 2.26. The molecule has 0 saturated carbocycles. The summed E-state index contributed by atoms with van der Waals surface area (Å²) in [7, 11) is -3.24. The molecule has 8 heteroatoms. The lowest BCUT2D eigenvalue weighted by atomic mass is 9.81. The molecule has 0 aliphatic heterocycles. The van der Waals surface area contributed by atoms with Gasteiger partial charge in [-0.05, 0) is 12.8 Å². The summed E-state index contributed by atoms with van der Waals surface area (Å²) in [6.45, 7) is 4.04. The maximum absolute atomic E-state index is 12.0. The van der Waals surface area contributed by atoms with Gasteiger partial charge in [0.25, 0.3) is 0 Å². The summed E-state index contributed by atoms with van der Waals surface area (Å²) in [4.78, 5) is 12.2. The van der Waals surface area contributed by atoms with Crippen LogP contribution in [0, 0.1) is 5.41 Å². The first-order valence-electron chi connectivity index (χ1n) is 5.72. The Bertz CT molecular complexity index is 403. The molecular weight excluding hydrogens is 274 g/mol. The van der Waals surface area contributed by atoms with Gasteiger partial charge >= 0.3 is 0 Å². The minimum absolute atomic E-state index is 0.144. The molecule has 0 aromatic heterocycles. The van der Waals surface area contributed by atoms with Crippen molar-refractivity contribution in [1.29, 1.82) is 0 Å². The summed E-state index contributed by atoms with van der Waals surface area (Å²) in [5.41, 5.74) is 4.78. The van der Waals surface area contributed by atoms with E-state index in [1.54, 1.807) is 0 Å². The number of thiocarbonyl (C=S) groups is 1. The first kappa shape index (κ1) is 17.3. The van der Waals surface area contributed by atoms with Crippen LogP contribution in [-0.4, -0.2) is 38.7 Å². The van der Waals surface area contributed by atoms with Crippen molar-refractivity contribution in [3.8, 4) is 0 Å². The van der Waals surface area contributed by atoms with Gasteiger partial charge in [0.1, 0.15) is 0 Å². The summed E-state index contributed by atoms with van der Waals surface area (Å²) in [6, 6.07) is 0. The fourth-order valence-corrected chi connectivity index (χ4v) is 2.47. The molecule has 1 amide bonds. The lowest BCUT2D eigenvalue weighted by molar-refractivity contribution is -0.127. The third kappa shape index (κ3) is 4.87. The molecule has 0 unspecified atom stereocenters. The second kappa shape index (κ2) is 7.01. The van der Waals surface area contributed by atoms with Crippen molar-refractivity contribution in [2.75, 3.05) is 19.3 Å². The van der Waals surface area contributed by atoms with E-state index in [9.17, 15) is 13.2 Å². The van der Waals surface area contributed by atoms with Crippen molar-refractivity contribution in [2.45, 2.75) is 26.7 Å². The first-order chi connectivity index (χ1) is 8.19. The maximum atomic E-state index is 12.0. The number of hydrogen-bond acceptors (Lipinski definition) is 4. The van der Waals surface area contributed by atoms with Gasteiger partial charge in [0.15, 0.2) is 0 Å². The Balaban J connectivity index is 4.42. The van der Waals surface area contributed by atoms with E-state index in [1.165, 1.54) is 0 Å². The Morgan fingerprint density at radius 3 is 2.11 bits per heavy atom. The summed E-state index contributed by atoms with van der Waals surface area (Å²) < 4.78 is 23.9. The van der Waals surface area contributed by atoms with Crippen LogP contribution >= 0.6 is 12.2 Å². The van der Waals surface area contributed by atoms with Crippen LogP contribution in [0.3, 0.4) is 0 Å². The molecule has 0 bridgehead atoms. The Morgan fingerprint density at radius 2 is 1.78 bits per heavy atom. The van der Waals surface area contributed by atoms with Gasteiger partial charge in [-0.25, -0.2) is 13.1 Å². The summed E-state index contributed by atoms with van der Waals surface area (Å²) >= 11 is 4.95. The number of nitrogens with one attached hydrogen (secondary N) is 2. The number of nitrogens with two attached hydrogens (primary N) is 1. The van der Waals surface area contributed by atoms with Crippen LogP contribution in [-0.2, 0) is 14.8 Å². The molecule has 0 spiro atoms. The van der Waals surface area contributed by atoms with E-state index in [1.807, 2.05) is 13.8 Å². The van der Waals surface area contributed by atoms with Crippen molar-refractivity contribution in [3.05, 3.63) is 0 Å². The fraction of sp³-hybridized carbons (Fsp3) is 0.800. The van der Waals surface area contributed by atoms with Crippen molar-refractivity contribution < 1.29 is 13.2 Å². The van der Waals surface area contributed by atoms with E-state index in [0.29, 0.717) is 12.8 Å².